The number of hydrogen-bond donors (Lipinski definition) is 1. The van der Waals surface area contributed by atoms with Gasteiger partial charge in [0.05, 0.1) is 6.61 Å². The molecule has 1 aromatic rings. The van der Waals surface area contributed by atoms with E-state index in [0.717, 1.165) is 23.2 Å². The summed E-state index contributed by atoms with van der Waals surface area (Å²) in [6.45, 7) is 8.25. The number of ether oxygens (including phenoxy) is 1. The molecule has 0 saturated carbocycles. The Morgan fingerprint density at radius 2 is 1.78 bits per heavy atom. The van der Waals surface area contributed by atoms with E-state index in [1.165, 1.54) is 0 Å². The molecule has 2 rings (SSSR count). The van der Waals surface area contributed by atoms with Crippen LogP contribution in [0.1, 0.15) is 25.0 Å². The van der Waals surface area contributed by atoms with Crippen LogP contribution in [0.4, 0.5) is 15.3 Å². The van der Waals surface area contributed by atoms with Gasteiger partial charge in [-0.2, -0.15) is 0 Å². The summed E-state index contributed by atoms with van der Waals surface area (Å²) in [5.74, 6) is 0. The van der Waals surface area contributed by atoms with Crippen LogP contribution >= 0.6 is 0 Å². The number of piperazine rings is 1. The number of anilines is 1. The van der Waals surface area contributed by atoms with Crippen molar-refractivity contribution in [1.82, 2.24) is 9.80 Å². The third-order valence-corrected chi connectivity index (χ3v) is 4.06. The number of carbonyl (C=O) groups excluding carboxylic acids is 2. The van der Waals surface area contributed by atoms with E-state index >= 15 is 0 Å². The van der Waals surface area contributed by atoms with Gasteiger partial charge in [0.1, 0.15) is 0 Å². The fourth-order valence-electron chi connectivity index (χ4n) is 2.69. The fraction of sp³-hybridized carbons (Fsp3) is 0.529. The van der Waals surface area contributed by atoms with Crippen molar-refractivity contribution in [2.45, 2.75) is 27.2 Å². The zero-order valence-corrected chi connectivity index (χ0v) is 14.1. The molecule has 0 aromatic heterocycles. The van der Waals surface area contributed by atoms with Gasteiger partial charge in [0, 0.05) is 31.9 Å². The summed E-state index contributed by atoms with van der Waals surface area (Å²) in [4.78, 5) is 27.5. The maximum Gasteiger partial charge on any atom is 0.409 e. The number of amides is 3. The Hall–Kier alpha value is -2.24. The van der Waals surface area contributed by atoms with Gasteiger partial charge in [-0.15, -0.1) is 0 Å². The third-order valence-electron chi connectivity index (χ3n) is 4.06. The van der Waals surface area contributed by atoms with E-state index < -0.39 is 0 Å². The molecule has 1 saturated heterocycles. The predicted molar refractivity (Wildman–Crippen MR) is 89.7 cm³/mol. The first-order chi connectivity index (χ1) is 11.1. The van der Waals surface area contributed by atoms with E-state index in [9.17, 15) is 9.59 Å². The van der Waals surface area contributed by atoms with Crippen molar-refractivity contribution in [2.75, 3.05) is 38.1 Å². The Kier molecular flexibility index (Phi) is 5.84. The molecule has 3 amide bonds. The summed E-state index contributed by atoms with van der Waals surface area (Å²) < 4.78 is 4.99. The van der Waals surface area contributed by atoms with Gasteiger partial charge in [0.25, 0.3) is 0 Å². The molecule has 1 aliphatic rings. The molecule has 0 atom stereocenters. The average molecular weight is 319 g/mol. The van der Waals surface area contributed by atoms with Gasteiger partial charge in [-0.25, -0.2) is 9.59 Å². The molecule has 6 nitrogen and oxygen atoms in total. The number of nitrogens with one attached hydrogen (secondary N) is 1. The summed E-state index contributed by atoms with van der Waals surface area (Å²) in [6.07, 6.45) is 0.563. The highest BCUT2D eigenvalue weighted by molar-refractivity contribution is 5.91. The largest absolute Gasteiger partial charge is 0.450 e. The van der Waals surface area contributed by atoms with E-state index in [1.54, 1.807) is 16.7 Å². The summed E-state index contributed by atoms with van der Waals surface area (Å²) in [5, 5.41) is 3.02. The lowest BCUT2D eigenvalue weighted by molar-refractivity contribution is 0.0868. The molecular formula is C17H25N3O3. The number of rotatable bonds is 3. The average Bonchev–Trinajstić information content (AvgIpc) is 2.57. The summed E-state index contributed by atoms with van der Waals surface area (Å²) in [7, 11) is 0. The monoisotopic (exact) mass is 319 g/mol. The first-order valence-electron chi connectivity index (χ1n) is 8.12. The molecule has 23 heavy (non-hydrogen) atoms. The molecule has 6 heteroatoms. The predicted octanol–water partition coefficient (Wildman–Crippen LogP) is 2.86. The molecule has 126 valence electrons. The maximum atomic E-state index is 12.5. The van der Waals surface area contributed by atoms with Crippen LogP contribution in [0.3, 0.4) is 0 Å². The van der Waals surface area contributed by atoms with Crippen molar-refractivity contribution in [3.63, 3.8) is 0 Å². The minimum atomic E-state index is -0.306. The highest BCUT2D eigenvalue weighted by atomic mass is 16.6. The smallest absolute Gasteiger partial charge is 0.409 e. The van der Waals surface area contributed by atoms with E-state index in [-0.39, 0.29) is 12.1 Å². The SMILES string of the molecule is CCOC(=O)N1CCN(C(=O)Nc2c(C)cccc2CC)CC1. The normalized spacial score (nSPS) is 14.6. The van der Waals surface area contributed by atoms with Crippen molar-refractivity contribution in [3.05, 3.63) is 29.3 Å². The second kappa shape index (κ2) is 7.85. The third kappa shape index (κ3) is 4.15. The lowest BCUT2D eigenvalue weighted by Crippen LogP contribution is -2.51. The van der Waals surface area contributed by atoms with E-state index in [0.29, 0.717) is 32.8 Å². The van der Waals surface area contributed by atoms with Crippen LogP contribution in [0, 0.1) is 6.92 Å². The van der Waals surface area contributed by atoms with Crippen LogP contribution in [0.25, 0.3) is 0 Å². The van der Waals surface area contributed by atoms with Crippen LogP contribution < -0.4 is 5.32 Å². The molecule has 1 heterocycles. The van der Waals surface area contributed by atoms with Gasteiger partial charge in [-0.1, -0.05) is 25.1 Å². The van der Waals surface area contributed by atoms with E-state index in [4.69, 9.17) is 4.74 Å². The van der Waals surface area contributed by atoms with Gasteiger partial charge >= 0.3 is 12.1 Å². The lowest BCUT2D eigenvalue weighted by atomic mass is 10.1. The van der Waals surface area contributed by atoms with Gasteiger partial charge < -0.3 is 19.9 Å². The first kappa shape index (κ1) is 17.1. The van der Waals surface area contributed by atoms with E-state index in [2.05, 4.69) is 12.2 Å². The van der Waals surface area contributed by atoms with E-state index in [1.807, 2.05) is 25.1 Å². The highest BCUT2D eigenvalue weighted by Gasteiger charge is 2.25. The Bertz CT molecular complexity index is 566. The Labute approximate surface area is 137 Å². The van der Waals surface area contributed by atoms with Crippen LogP contribution in [0.2, 0.25) is 0 Å². The molecule has 1 aliphatic heterocycles. The molecule has 0 bridgehead atoms. The number of nitrogens with zero attached hydrogens (tertiary/aromatic N) is 2. The first-order valence-corrected chi connectivity index (χ1v) is 8.12. The molecule has 1 N–H and O–H groups in total. The Balaban J connectivity index is 1.95. The summed E-state index contributed by atoms with van der Waals surface area (Å²) in [6, 6.07) is 5.91. The van der Waals surface area contributed by atoms with Gasteiger partial charge in [0.2, 0.25) is 0 Å². The van der Waals surface area contributed by atoms with Gasteiger partial charge in [-0.05, 0) is 31.4 Å². The topological polar surface area (TPSA) is 61.9 Å². The quantitative estimate of drug-likeness (QED) is 0.932. The number of urea groups is 1. The minimum absolute atomic E-state index is 0.113. The summed E-state index contributed by atoms with van der Waals surface area (Å²) >= 11 is 0. The standard InChI is InChI=1S/C17H25N3O3/c1-4-14-8-6-7-13(3)15(14)18-16(21)19-9-11-20(12-10-19)17(22)23-5-2/h6-8H,4-5,9-12H2,1-3H3,(H,18,21). The van der Waals surface area contributed by atoms with Crippen molar-refractivity contribution < 1.29 is 14.3 Å². The maximum absolute atomic E-state index is 12.5. The Morgan fingerprint density at radius 3 is 2.39 bits per heavy atom. The van der Waals surface area contributed by atoms with Crippen molar-refractivity contribution in [3.8, 4) is 0 Å². The molecule has 0 spiro atoms. The molecule has 1 fully saturated rings. The highest BCUT2D eigenvalue weighted by Crippen LogP contribution is 2.21. The fourth-order valence-corrected chi connectivity index (χ4v) is 2.69. The Morgan fingerprint density at radius 1 is 1.13 bits per heavy atom. The van der Waals surface area contributed by atoms with Crippen LogP contribution in [-0.2, 0) is 11.2 Å². The summed E-state index contributed by atoms with van der Waals surface area (Å²) in [5.41, 5.74) is 3.08. The molecule has 1 aromatic carbocycles. The number of hydrogen-bond acceptors (Lipinski definition) is 3. The molecular weight excluding hydrogens is 294 g/mol. The molecule has 0 unspecified atom stereocenters. The van der Waals surface area contributed by atoms with Crippen molar-refractivity contribution in [2.24, 2.45) is 0 Å². The van der Waals surface area contributed by atoms with Crippen molar-refractivity contribution in [1.29, 1.82) is 0 Å². The zero-order chi connectivity index (χ0) is 16.8. The second-order valence-electron chi connectivity index (χ2n) is 5.57. The zero-order valence-electron chi connectivity index (χ0n) is 14.1. The number of benzene rings is 1. The van der Waals surface area contributed by atoms with Crippen LogP contribution in [0.15, 0.2) is 18.2 Å². The van der Waals surface area contributed by atoms with Gasteiger partial charge in [-0.3, -0.25) is 0 Å². The molecule has 0 radical (unpaired) electrons. The van der Waals surface area contributed by atoms with Crippen LogP contribution in [0.5, 0.6) is 0 Å². The number of para-hydroxylation sites is 1. The van der Waals surface area contributed by atoms with Crippen molar-refractivity contribution >= 4 is 17.8 Å². The van der Waals surface area contributed by atoms with Crippen LogP contribution in [-0.4, -0.2) is 54.7 Å². The molecule has 0 aliphatic carbocycles. The van der Waals surface area contributed by atoms with Gasteiger partial charge in [0.15, 0.2) is 0 Å². The second-order valence-corrected chi connectivity index (χ2v) is 5.57. The minimum Gasteiger partial charge on any atom is -0.450 e. The number of aryl methyl sites for hydroxylation is 2. The lowest BCUT2D eigenvalue weighted by Gasteiger charge is -2.34. The number of carbonyl (C=O) groups is 2.